The van der Waals surface area contributed by atoms with E-state index in [1.807, 2.05) is 0 Å². The van der Waals surface area contributed by atoms with Crippen molar-refractivity contribution in [3.63, 3.8) is 0 Å². The van der Waals surface area contributed by atoms with E-state index < -0.39 is 5.97 Å². The lowest BCUT2D eigenvalue weighted by molar-refractivity contribution is -0.139. The summed E-state index contributed by atoms with van der Waals surface area (Å²) in [6, 6.07) is 6.40. The molecule has 0 aliphatic rings. The van der Waals surface area contributed by atoms with Gasteiger partial charge in [-0.25, -0.2) is 4.79 Å². The molecule has 0 atom stereocenters. The van der Waals surface area contributed by atoms with Crippen LogP contribution in [-0.4, -0.2) is 124 Å². The van der Waals surface area contributed by atoms with Crippen LogP contribution in [0.5, 0.6) is 0 Å². The number of aldehydes is 1. The number of benzene rings is 1. The second-order valence-corrected chi connectivity index (χ2v) is 7.65. The summed E-state index contributed by atoms with van der Waals surface area (Å²) < 4.78 is 42.5. The molecule has 220 valence electrons. The van der Waals surface area contributed by atoms with E-state index in [1.165, 1.54) is 0 Å². The molecule has 1 aromatic rings. The van der Waals surface area contributed by atoms with Crippen molar-refractivity contribution in [3.8, 4) is 0 Å². The highest BCUT2D eigenvalue weighted by Gasteiger charge is 2.04. The molecular weight excluding hydrogens is 514 g/mol. The number of nitrogens with one attached hydrogen (secondary N) is 1. The largest absolute Gasteiger partial charge is 0.460 e. The van der Waals surface area contributed by atoms with E-state index in [2.05, 4.69) is 11.9 Å². The van der Waals surface area contributed by atoms with Gasteiger partial charge < -0.3 is 43.2 Å². The lowest BCUT2D eigenvalue weighted by atomic mass is 10.1. The normalized spacial score (nSPS) is 10.8. The third-order valence-corrected chi connectivity index (χ3v) is 4.71. The molecule has 0 fully saturated rings. The Morgan fingerprint density at radius 2 is 1.00 bits per heavy atom. The first-order valence-corrected chi connectivity index (χ1v) is 12.8. The standard InChI is InChI=1S/C27H41NO11/c1-2-26(30)39-22-21-38-20-19-37-18-17-36-16-15-35-14-13-34-12-11-33-10-9-32-8-7-28-27(31)25-5-3-24(23-29)4-6-25/h2-6,23H,1,7-22H2,(H,28,31). The molecule has 0 saturated heterocycles. The van der Waals surface area contributed by atoms with Gasteiger partial charge in [-0.05, 0) is 12.1 Å². The summed E-state index contributed by atoms with van der Waals surface area (Å²) in [5.41, 5.74) is 1.02. The van der Waals surface area contributed by atoms with Crippen LogP contribution in [-0.2, 0) is 42.7 Å². The van der Waals surface area contributed by atoms with Gasteiger partial charge in [0.15, 0.2) is 0 Å². The number of ether oxygens (including phenoxy) is 8. The van der Waals surface area contributed by atoms with Crippen molar-refractivity contribution in [1.29, 1.82) is 0 Å². The minimum Gasteiger partial charge on any atom is -0.460 e. The lowest BCUT2D eigenvalue weighted by Crippen LogP contribution is -2.27. The minimum atomic E-state index is -0.466. The smallest absolute Gasteiger partial charge is 0.330 e. The Bertz CT molecular complexity index is 774. The number of hydrogen-bond donors (Lipinski definition) is 1. The summed E-state index contributed by atoms with van der Waals surface area (Å²) in [4.78, 5) is 33.4. The first-order valence-electron chi connectivity index (χ1n) is 12.8. The zero-order chi connectivity index (χ0) is 28.2. The van der Waals surface area contributed by atoms with Gasteiger partial charge in [-0.3, -0.25) is 9.59 Å². The Labute approximate surface area is 229 Å². The van der Waals surface area contributed by atoms with Crippen LogP contribution in [0.4, 0.5) is 0 Å². The summed E-state index contributed by atoms with van der Waals surface area (Å²) in [7, 11) is 0. The third-order valence-electron chi connectivity index (χ3n) is 4.71. The van der Waals surface area contributed by atoms with Gasteiger partial charge in [-0.15, -0.1) is 0 Å². The van der Waals surface area contributed by atoms with Gasteiger partial charge in [0.25, 0.3) is 5.91 Å². The molecule has 12 nitrogen and oxygen atoms in total. The zero-order valence-electron chi connectivity index (χ0n) is 22.5. The van der Waals surface area contributed by atoms with Crippen molar-refractivity contribution in [1.82, 2.24) is 5.32 Å². The molecule has 1 N–H and O–H groups in total. The van der Waals surface area contributed by atoms with Gasteiger partial charge in [0.05, 0.1) is 92.5 Å². The van der Waals surface area contributed by atoms with Gasteiger partial charge in [0.2, 0.25) is 0 Å². The van der Waals surface area contributed by atoms with Gasteiger partial charge in [0.1, 0.15) is 12.9 Å². The third kappa shape index (κ3) is 20.9. The SMILES string of the molecule is C=CC(=O)OCCOCCOCCOCCOCCOCCOCCOCCNC(=O)c1ccc(C=O)cc1. The summed E-state index contributed by atoms with van der Waals surface area (Å²) >= 11 is 0. The molecule has 0 aliphatic carbocycles. The van der Waals surface area contributed by atoms with Gasteiger partial charge in [-0.1, -0.05) is 18.7 Å². The van der Waals surface area contributed by atoms with Crippen LogP contribution in [0.3, 0.4) is 0 Å². The van der Waals surface area contributed by atoms with Crippen LogP contribution < -0.4 is 5.32 Å². The summed E-state index contributed by atoms with van der Waals surface area (Å²) in [5.74, 6) is -0.680. The van der Waals surface area contributed by atoms with E-state index in [0.29, 0.717) is 110 Å². The van der Waals surface area contributed by atoms with Crippen molar-refractivity contribution >= 4 is 18.2 Å². The topological polar surface area (TPSA) is 137 Å². The molecule has 0 bridgehead atoms. The molecule has 0 aromatic heterocycles. The highest BCUT2D eigenvalue weighted by molar-refractivity contribution is 5.94. The fourth-order valence-electron chi connectivity index (χ4n) is 2.73. The van der Waals surface area contributed by atoms with E-state index in [1.54, 1.807) is 24.3 Å². The second kappa shape index (κ2) is 25.6. The number of carbonyl (C=O) groups excluding carboxylic acids is 3. The molecule has 0 aliphatic heterocycles. The van der Waals surface area contributed by atoms with Crippen LogP contribution in [0.15, 0.2) is 36.9 Å². The van der Waals surface area contributed by atoms with Crippen LogP contribution in [0, 0.1) is 0 Å². The average Bonchev–Trinajstić information content (AvgIpc) is 2.96. The predicted molar refractivity (Wildman–Crippen MR) is 141 cm³/mol. The second-order valence-electron chi connectivity index (χ2n) is 7.65. The molecule has 1 amide bonds. The van der Waals surface area contributed by atoms with Crippen molar-refractivity contribution in [2.24, 2.45) is 0 Å². The first-order chi connectivity index (χ1) is 19.2. The van der Waals surface area contributed by atoms with E-state index in [-0.39, 0.29) is 12.5 Å². The molecule has 0 saturated carbocycles. The number of carbonyl (C=O) groups is 3. The summed E-state index contributed by atoms with van der Waals surface area (Å²) in [6.07, 6.45) is 1.84. The molecular formula is C27H41NO11. The van der Waals surface area contributed by atoms with Crippen molar-refractivity contribution in [2.75, 3.05) is 106 Å². The fraction of sp³-hybridized carbons (Fsp3) is 0.593. The van der Waals surface area contributed by atoms with Gasteiger partial charge in [-0.2, -0.15) is 0 Å². The predicted octanol–water partition coefficient (Wildman–Crippen LogP) is 1.07. The molecule has 0 heterocycles. The molecule has 0 radical (unpaired) electrons. The maximum Gasteiger partial charge on any atom is 0.330 e. The number of amides is 1. The maximum atomic E-state index is 12.0. The monoisotopic (exact) mass is 555 g/mol. The van der Waals surface area contributed by atoms with Gasteiger partial charge in [0, 0.05) is 23.7 Å². The molecule has 0 spiro atoms. The maximum absolute atomic E-state index is 12.0. The Balaban J connectivity index is 1.72. The molecule has 0 unspecified atom stereocenters. The fourth-order valence-corrected chi connectivity index (χ4v) is 2.73. The highest BCUT2D eigenvalue weighted by atomic mass is 16.6. The van der Waals surface area contributed by atoms with Crippen LogP contribution in [0.2, 0.25) is 0 Å². The van der Waals surface area contributed by atoms with E-state index in [0.717, 1.165) is 12.4 Å². The first kappa shape index (κ1) is 34.3. The quantitative estimate of drug-likeness (QED) is 0.0722. The highest BCUT2D eigenvalue weighted by Crippen LogP contribution is 2.02. The number of esters is 1. The van der Waals surface area contributed by atoms with Gasteiger partial charge >= 0.3 is 5.97 Å². The Morgan fingerprint density at radius 1 is 0.615 bits per heavy atom. The molecule has 1 rings (SSSR count). The van der Waals surface area contributed by atoms with Crippen molar-refractivity contribution in [2.45, 2.75) is 0 Å². The Hall–Kier alpha value is -2.71. The van der Waals surface area contributed by atoms with E-state index in [9.17, 15) is 14.4 Å². The van der Waals surface area contributed by atoms with E-state index in [4.69, 9.17) is 37.9 Å². The molecule has 39 heavy (non-hydrogen) atoms. The zero-order valence-corrected chi connectivity index (χ0v) is 22.5. The number of hydrogen-bond acceptors (Lipinski definition) is 11. The molecule has 12 heteroatoms. The summed E-state index contributed by atoms with van der Waals surface area (Å²) in [5, 5.41) is 2.75. The van der Waals surface area contributed by atoms with Crippen LogP contribution >= 0.6 is 0 Å². The minimum absolute atomic E-state index is 0.191. The average molecular weight is 556 g/mol. The Kier molecular flexibility index (Phi) is 22.5. The van der Waals surface area contributed by atoms with E-state index >= 15 is 0 Å². The number of rotatable bonds is 27. The van der Waals surface area contributed by atoms with Crippen molar-refractivity contribution < 1.29 is 52.3 Å². The molecule has 1 aromatic carbocycles. The van der Waals surface area contributed by atoms with Crippen LogP contribution in [0.1, 0.15) is 20.7 Å². The summed E-state index contributed by atoms with van der Waals surface area (Å²) in [6.45, 7) is 9.96. The Morgan fingerprint density at radius 3 is 1.38 bits per heavy atom. The van der Waals surface area contributed by atoms with Crippen molar-refractivity contribution in [3.05, 3.63) is 48.0 Å². The van der Waals surface area contributed by atoms with Crippen LogP contribution in [0.25, 0.3) is 0 Å². The lowest BCUT2D eigenvalue weighted by Gasteiger charge is -2.09.